The average Bonchev–Trinajstić information content (AvgIpc) is 3.32. The van der Waals surface area contributed by atoms with Gasteiger partial charge in [-0.2, -0.15) is 0 Å². The van der Waals surface area contributed by atoms with E-state index < -0.39 is 0 Å². The first-order valence-corrected chi connectivity index (χ1v) is 10.3. The summed E-state index contributed by atoms with van der Waals surface area (Å²) < 4.78 is 5.52. The second-order valence-electron chi connectivity index (χ2n) is 6.08. The van der Waals surface area contributed by atoms with E-state index in [9.17, 15) is 4.79 Å². The molecule has 3 nitrogen and oxygen atoms in total. The molecule has 2 heterocycles. The van der Waals surface area contributed by atoms with Gasteiger partial charge in [0.05, 0.1) is 17.9 Å². The minimum absolute atomic E-state index is 0.00618. The maximum absolute atomic E-state index is 12.9. The van der Waals surface area contributed by atoms with Gasteiger partial charge in [0.1, 0.15) is 5.76 Å². The largest absolute Gasteiger partial charge is 0.469 e. The van der Waals surface area contributed by atoms with Crippen LogP contribution in [0.5, 0.6) is 0 Å². The molecular weight excluding hydrogens is 350 g/mol. The zero-order chi connectivity index (χ0) is 17.1. The standard InChI is InChI=1S/C20H19NO2S2/c22-20(21-17-7-3-8-18-15(17)10-11-23-18)16-6-1-2-9-19(16)25-13-14-5-4-12-24-14/h1-2,4-6,9-12,17H,3,7-8,13H2,(H,21,22). The van der Waals surface area contributed by atoms with Crippen LogP contribution in [-0.4, -0.2) is 5.91 Å². The quantitative estimate of drug-likeness (QED) is 0.609. The zero-order valence-electron chi connectivity index (χ0n) is 13.7. The van der Waals surface area contributed by atoms with Crippen molar-refractivity contribution in [2.45, 2.75) is 36.0 Å². The topological polar surface area (TPSA) is 42.2 Å². The van der Waals surface area contributed by atoms with E-state index in [0.717, 1.165) is 46.8 Å². The fraction of sp³-hybridized carbons (Fsp3) is 0.250. The van der Waals surface area contributed by atoms with Crippen LogP contribution in [0.1, 0.15) is 45.4 Å². The Morgan fingerprint density at radius 2 is 2.16 bits per heavy atom. The number of rotatable bonds is 5. The molecule has 1 N–H and O–H groups in total. The Balaban J connectivity index is 1.49. The first-order chi connectivity index (χ1) is 12.3. The van der Waals surface area contributed by atoms with Gasteiger partial charge < -0.3 is 9.73 Å². The number of thioether (sulfide) groups is 1. The van der Waals surface area contributed by atoms with Crippen LogP contribution in [0.4, 0.5) is 0 Å². The van der Waals surface area contributed by atoms with Crippen molar-refractivity contribution >= 4 is 29.0 Å². The van der Waals surface area contributed by atoms with Gasteiger partial charge in [0.2, 0.25) is 0 Å². The number of fused-ring (bicyclic) bond motifs is 1. The van der Waals surface area contributed by atoms with Crippen molar-refractivity contribution in [1.82, 2.24) is 5.32 Å². The fourth-order valence-electron chi connectivity index (χ4n) is 3.20. The van der Waals surface area contributed by atoms with Crippen LogP contribution >= 0.6 is 23.1 Å². The number of furan rings is 1. The summed E-state index contributed by atoms with van der Waals surface area (Å²) in [6.07, 6.45) is 4.69. The van der Waals surface area contributed by atoms with Gasteiger partial charge >= 0.3 is 0 Å². The smallest absolute Gasteiger partial charge is 0.252 e. The minimum atomic E-state index is -0.00618. The van der Waals surface area contributed by atoms with Crippen molar-refractivity contribution in [2.75, 3.05) is 0 Å². The molecule has 1 amide bonds. The Bertz CT molecular complexity index is 854. The number of hydrogen-bond acceptors (Lipinski definition) is 4. The minimum Gasteiger partial charge on any atom is -0.469 e. The van der Waals surface area contributed by atoms with Gasteiger partial charge in [-0.3, -0.25) is 4.79 Å². The number of hydrogen-bond donors (Lipinski definition) is 1. The van der Waals surface area contributed by atoms with E-state index in [4.69, 9.17) is 4.42 Å². The first kappa shape index (κ1) is 16.5. The summed E-state index contributed by atoms with van der Waals surface area (Å²) in [4.78, 5) is 15.2. The van der Waals surface area contributed by atoms with Gasteiger partial charge in [0.15, 0.2) is 0 Å². The first-order valence-electron chi connectivity index (χ1n) is 8.42. The van der Waals surface area contributed by atoms with Crippen LogP contribution < -0.4 is 5.32 Å². The lowest BCUT2D eigenvalue weighted by molar-refractivity contribution is 0.0929. The molecule has 0 saturated carbocycles. The highest BCUT2D eigenvalue weighted by atomic mass is 32.2. The van der Waals surface area contributed by atoms with Gasteiger partial charge in [-0.15, -0.1) is 23.1 Å². The molecule has 128 valence electrons. The van der Waals surface area contributed by atoms with Crippen LogP contribution in [0.3, 0.4) is 0 Å². The third-order valence-corrected chi connectivity index (χ3v) is 6.62. The third kappa shape index (κ3) is 3.67. The number of benzene rings is 1. The molecule has 3 aromatic rings. The Kier molecular flexibility index (Phi) is 4.95. The van der Waals surface area contributed by atoms with Crippen molar-refractivity contribution in [3.63, 3.8) is 0 Å². The van der Waals surface area contributed by atoms with Crippen LogP contribution in [0.25, 0.3) is 0 Å². The Labute approximate surface area is 155 Å². The molecule has 1 aliphatic carbocycles. The lowest BCUT2D eigenvalue weighted by atomic mass is 9.93. The lowest BCUT2D eigenvalue weighted by Crippen LogP contribution is -2.30. The molecule has 1 unspecified atom stereocenters. The van der Waals surface area contributed by atoms with E-state index >= 15 is 0 Å². The van der Waals surface area contributed by atoms with Crippen molar-refractivity contribution in [1.29, 1.82) is 0 Å². The molecule has 0 saturated heterocycles. The summed E-state index contributed by atoms with van der Waals surface area (Å²) in [6.45, 7) is 0. The number of carbonyl (C=O) groups excluding carboxylic acids is 1. The van der Waals surface area contributed by atoms with Crippen LogP contribution in [0.15, 0.2) is 63.4 Å². The molecule has 0 bridgehead atoms. The number of thiophene rings is 1. The monoisotopic (exact) mass is 369 g/mol. The molecule has 25 heavy (non-hydrogen) atoms. The molecular formula is C20H19NO2S2. The molecule has 1 aromatic carbocycles. The van der Waals surface area contributed by atoms with Crippen molar-refractivity contribution in [3.05, 3.63) is 75.9 Å². The van der Waals surface area contributed by atoms with E-state index in [0.29, 0.717) is 0 Å². The predicted molar refractivity (Wildman–Crippen MR) is 102 cm³/mol. The van der Waals surface area contributed by atoms with Crippen molar-refractivity contribution < 1.29 is 9.21 Å². The molecule has 1 aliphatic rings. The average molecular weight is 370 g/mol. The van der Waals surface area contributed by atoms with Crippen LogP contribution in [-0.2, 0) is 12.2 Å². The Morgan fingerprint density at radius 3 is 3.04 bits per heavy atom. The van der Waals surface area contributed by atoms with Crippen LogP contribution in [0.2, 0.25) is 0 Å². The van der Waals surface area contributed by atoms with Gasteiger partial charge in [-0.1, -0.05) is 18.2 Å². The van der Waals surface area contributed by atoms with Crippen LogP contribution in [0, 0.1) is 0 Å². The van der Waals surface area contributed by atoms with E-state index in [1.165, 1.54) is 4.88 Å². The second-order valence-corrected chi connectivity index (χ2v) is 8.13. The van der Waals surface area contributed by atoms with Gasteiger partial charge in [-0.25, -0.2) is 0 Å². The molecule has 0 fully saturated rings. The molecule has 2 aromatic heterocycles. The SMILES string of the molecule is O=C(NC1CCCc2occc21)c1ccccc1SCc1cccs1. The van der Waals surface area contributed by atoms with Crippen molar-refractivity contribution in [2.24, 2.45) is 0 Å². The molecule has 0 aliphatic heterocycles. The molecule has 5 heteroatoms. The highest BCUT2D eigenvalue weighted by Crippen LogP contribution is 2.32. The maximum Gasteiger partial charge on any atom is 0.252 e. The van der Waals surface area contributed by atoms with Gasteiger partial charge in [0, 0.05) is 27.5 Å². The molecule has 4 rings (SSSR count). The number of aryl methyl sites for hydroxylation is 1. The lowest BCUT2D eigenvalue weighted by Gasteiger charge is -2.23. The van der Waals surface area contributed by atoms with Crippen molar-refractivity contribution in [3.8, 4) is 0 Å². The second kappa shape index (κ2) is 7.50. The van der Waals surface area contributed by atoms with Gasteiger partial charge in [-0.05, 0) is 42.5 Å². The highest BCUT2D eigenvalue weighted by molar-refractivity contribution is 7.98. The highest BCUT2D eigenvalue weighted by Gasteiger charge is 2.25. The molecule has 0 radical (unpaired) electrons. The maximum atomic E-state index is 12.9. The summed E-state index contributed by atoms with van der Waals surface area (Å²) in [5.41, 5.74) is 1.88. The number of nitrogens with one attached hydrogen (secondary N) is 1. The van der Waals surface area contributed by atoms with E-state index in [-0.39, 0.29) is 11.9 Å². The zero-order valence-corrected chi connectivity index (χ0v) is 15.4. The number of amides is 1. The molecule has 0 spiro atoms. The van der Waals surface area contributed by atoms with Gasteiger partial charge in [0.25, 0.3) is 5.91 Å². The van der Waals surface area contributed by atoms with E-state index in [1.54, 1.807) is 29.4 Å². The predicted octanol–water partition coefficient (Wildman–Crippen LogP) is 5.44. The fourth-order valence-corrected chi connectivity index (χ4v) is 5.02. The summed E-state index contributed by atoms with van der Waals surface area (Å²) in [5.74, 6) is 1.89. The van der Waals surface area contributed by atoms with E-state index in [2.05, 4.69) is 22.8 Å². The molecule has 1 atom stereocenters. The Morgan fingerprint density at radius 1 is 1.24 bits per heavy atom. The van der Waals surface area contributed by atoms with E-state index in [1.807, 2.05) is 30.3 Å². The summed E-state index contributed by atoms with van der Waals surface area (Å²) >= 11 is 3.46. The normalized spacial score (nSPS) is 16.4. The Hall–Kier alpha value is -1.98. The number of carbonyl (C=O) groups is 1. The third-order valence-electron chi connectivity index (χ3n) is 4.44. The summed E-state index contributed by atoms with van der Waals surface area (Å²) in [6, 6.07) is 14.1. The summed E-state index contributed by atoms with van der Waals surface area (Å²) in [7, 11) is 0. The summed E-state index contributed by atoms with van der Waals surface area (Å²) in [5, 5.41) is 5.28.